The van der Waals surface area contributed by atoms with E-state index in [2.05, 4.69) is 15.1 Å². The molecule has 4 atom stereocenters. The third-order valence-electron chi connectivity index (χ3n) is 4.46. The van der Waals surface area contributed by atoms with Crippen LogP contribution in [0.5, 0.6) is 0 Å². The molecule has 0 aromatic rings. The van der Waals surface area contributed by atoms with Gasteiger partial charge in [-0.05, 0) is 25.8 Å². The van der Waals surface area contributed by atoms with Crippen LogP contribution in [0.15, 0.2) is 0 Å². The molecular weight excluding hydrogens is 363 g/mol. The Hall–Kier alpha value is -1.54. The van der Waals surface area contributed by atoms with Crippen molar-refractivity contribution in [2.24, 2.45) is 0 Å². The van der Waals surface area contributed by atoms with Crippen molar-refractivity contribution in [1.82, 2.24) is 20.8 Å². The second kappa shape index (κ2) is 6.99. The molecule has 13 heteroatoms. The molecule has 0 aromatic carbocycles. The highest BCUT2D eigenvalue weighted by molar-refractivity contribution is 7.80. The first-order valence-electron chi connectivity index (χ1n) is 7.83. The normalized spacial score (nSPS) is 32.8. The number of nitrogens with one attached hydrogen (secondary N) is 2. The van der Waals surface area contributed by atoms with Gasteiger partial charge in [-0.15, -0.1) is 4.28 Å². The number of nitrogens with zero attached hydrogens (tertiary/aromatic N) is 2. The summed E-state index contributed by atoms with van der Waals surface area (Å²) in [4.78, 5) is 30.7. The summed E-state index contributed by atoms with van der Waals surface area (Å²) in [7, 11) is -4.84. The van der Waals surface area contributed by atoms with Gasteiger partial charge in [-0.3, -0.25) is 14.2 Å². The molecule has 3 amide bonds. The molecular formula is C12H19FN4O7S. The summed E-state index contributed by atoms with van der Waals surface area (Å²) in [6.07, 6.45) is -1.20. The predicted octanol–water partition coefficient (Wildman–Crippen LogP) is -1.26. The molecule has 3 heterocycles. The maximum Gasteiger partial charge on any atom is 0.418 e. The number of urea groups is 1. The number of piperidine rings is 2. The van der Waals surface area contributed by atoms with Gasteiger partial charge in [0.15, 0.2) is 0 Å². The molecule has 0 spiro atoms. The minimum absolute atomic E-state index is 0.0726. The van der Waals surface area contributed by atoms with E-state index in [4.69, 9.17) is 9.39 Å². The number of alkyl halides is 1. The summed E-state index contributed by atoms with van der Waals surface area (Å²) in [5.41, 5.74) is 2.18. The first kappa shape index (κ1) is 18.3. The Bertz CT molecular complexity index is 647. The van der Waals surface area contributed by atoms with E-state index in [9.17, 15) is 22.4 Å². The fourth-order valence-electron chi connectivity index (χ4n) is 3.22. The third kappa shape index (κ3) is 4.00. The Kier molecular flexibility index (Phi) is 5.11. The van der Waals surface area contributed by atoms with Crippen molar-refractivity contribution >= 4 is 22.3 Å². The minimum Gasteiger partial charge on any atom is -0.314 e. The Morgan fingerprint density at radius 1 is 1.36 bits per heavy atom. The van der Waals surface area contributed by atoms with Crippen molar-refractivity contribution < 1.29 is 36.1 Å². The fraction of sp³-hybridized carbons (Fsp3) is 0.833. The molecule has 3 aliphatic heterocycles. The predicted molar refractivity (Wildman–Crippen MR) is 78.8 cm³/mol. The van der Waals surface area contributed by atoms with Gasteiger partial charge in [0, 0.05) is 13.1 Å². The molecule has 2 unspecified atom stereocenters. The number of halogens is 1. The molecule has 3 saturated heterocycles. The molecule has 11 nitrogen and oxygen atoms in total. The quantitative estimate of drug-likeness (QED) is 0.396. The molecule has 3 aliphatic rings. The van der Waals surface area contributed by atoms with E-state index in [0.717, 1.165) is 4.90 Å². The Morgan fingerprint density at radius 3 is 2.80 bits per heavy atom. The van der Waals surface area contributed by atoms with Gasteiger partial charge in [0.2, 0.25) is 0 Å². The van der Waals surface area contributed by atoms with E-state index < -0.39 is 46.7 Å². The van der Waals surface area contributed by atoms with Crippen LogP contribution >= 0.6 is 0 Å². The zero-order valence-corrected chi connectivity index (χ0v) is 13.9. The molecule has 2 bridgehead atoms. The van der Waals surface area contributed by atoms with Crippen LogP contribution in [0.1, 0.15) is 19.3 Å². The summed E-state index contributed by atoms with van der Waals surface area (Å²) in [6.45, 7) is 0.862. The van der Waals surface area contributed by atoms with Crippen LogP contribution < -0.4 is 10.8 Å². The lowest BCUT2D eigenvalue weighted by Crippen LogP contribution is -2.52. The van der Waals surface area contributed by atoms with Crippen LogP contribution in [0, 0.1) is 0 Å². The maximum atomic E-state index is 13.7. The highest BCUT2D eigenvalue weighted by Gasteiger charge is 2.49. The van der Waals surface area contributed by atoms with E-state index in [0.29, 0.717) is 18.0 Å². The van der Waals surface area contributed by atoms with Gasteiger partial charge >= 0.3 is 16.4 Å². The molecule has 142 valence electrons. The van der Waals surface area contributed by atoms with Gasteiger partial charge in [-0.1, -0.05) is 0 Å². The van der Waals surface area contributed by atoms with Crippen LogP contribution in [0.2, 0.25) is 0 Å². The largest absolute Gasteiger partial charge is 0.418 e. The molecule has 0 aromatic heterocycles. The number of hydroxylamine groups is 3. The molecule has 0 saturated carbocycles. The van der Waals surface area contributed by atoms with E-state index in [1.165, 1.54) is 0 Å². The van der Waals surface area contributed by atoms with Gasteiger partial charge in [0.25, 0.3) is 5.91 Å². The van der Waals surface area contributed by atoms with Gasteiger partial charge < -0.3 is 10.2 Å². The first-order chi connectivity index (χ1) is 11.8. The van der Waals surface area contributed by atoms with Crippen molar-refractivity contribution in [3.63, 3.8) is 0 Å². The van der Waals surface area contributed by atoms with Gasteiger partial charge in [-0.25, -0.2) is 14.7 Å². The first-order valence-corrected chi connectivity index (χ1v) is 9.20. The fourth-order valence-corrected chi connectivity index (χ4v) is 3.61. The standard InChI is InChI=1S/C12H19FN4O7S/c13-8-3-4-14-5-10(8)23-15-11(18)9-2-1-7-6-16(9)12(19)17(7)24-25(20,21)22/h7-10,14H,1-6H2,(H,15,18)(H,20,21,22)/t7-,8?,9+,10?/m1/s1. The zero-order valence-electron chi connectivity index (χ0n) is 13.1. The smallest absolute Gasteiger partial charge is 0.314 e. The molecule has 3 fully saturated rings. The second-order valence-electron chi connectivity index (χ2n) is 6.14. The number of hydrogen-bond acceptors (Lipinski definition) is 7. The van der Waals surface area contributed by atoms with Crippen LogP contribution in [0.3, 0.4) is 0 Å². The lowest BCUT2D eigenvalue weighted by Gasteiger charge is -2.31. The highest BCUT2D eigenvalue weighted by Crippen LogP contribution is 2.30. The van der Waals surface area contributed by atoms with Crippen molar-refractivity contribution in [3.05, 3.63) is 0 Å². The lowest BCUT2D eigenvalue weighted by molar-refractivity contribution is -0.148. The summed E-state index contributed by atoms with van der Waals surface area (Å²) >= 11 is 0. The summed E-state index contributed by atoms with van der Waals surface area (Å²) in [6, 6.07) is -2.33. The van der Waals surface area contributed by atoms with Gasteiger partial charge in [-0.2, -0.15) is 13.5 Å². The van der Waals surface area contributed by atoms with Crippen molar-refractivity contribution in [1.29, 1.82) is 0 Å². The summed E-state index contributed by atoms with van der Waals surface area (Å²) < 4.78 is 48.3. The monoisotopic (exact) mass is 382 g/mol. The van der Waals surface area contributed by atoms with Crippen molar-refractivity contribution in [2.75, 3.05) is 19.6 Å². The van der Waals surface area contributed by atoms with Crippen LogP contribution in [0.4, 0.5) is 9.18 Å². The van der Waals surface area contributed by atoms with Crippen LogP contribution in [-0.2, 0) is 24.3 Å². The number of hydrogen-bond donors (Lipinski definition) is 3. The number of amides is 3. The molecule has 25 heavy (non-hydrogen) atoms. The summed E-state index contributed by atoms with van der Waals surface area (Å²) in [5.74, 6) is -0.627. The Balaban J connectivity index is 1.58. The van der Waals surface area contributed by atoms with E-state index in [1.807, 2.05) is 0 Å². The van der Waals surface area contributed by atoms with Gasteiger partial charge in [0.05, 0.1) is 6.04 Å². The van der Waals surface area contributed by atoms with E-state index in [1.54, 1.807) is 0 Å². The number of rotatable bonds is 5. The number of fused-ring (bicyclic) bond motifs is 2. The minimum atomic E-state index is -4.84. The van der Waals surface area contributed by atoms with Crippen LogP contribution in [-0.4, -0.2) is 78.9 Å². The Morgan fingerprint density at radius 2 is 2.12 bits per heavy atom. The Labute approximate surface area is 143 Å². The number of carbonyl (C=O) groups is 2. The van der Waals surface area contributed by atoms with Crippen molar-refractivity contribution in [2.45, 2.75) is 43.6 Å². The summed E-state index contributed by atoms with van der Waals surface area (Å²) in [5, 5.41) is 3.49. The molecule has 3 N–H and O–H groups in total. The lowest BCUT2D eigenvalue weighted by atomic mass is 10.0. The topological polar surface area (TPSA) is 138 Å². The molecule has 0 aliphatic carbocycles. The van der Waals surface area contributed by atoms with Crippen molar-refractivity contribution in [3.8, 4) is 0 Å². The number of carbonyl (C=O) groups excluding carboxylic acids is 2. The molecule has 0 radical (unpaired) electrons. The molecule has 3 rings (SSSR count). The maximum absolute atomic E-state index is 13.7. The van der Waals surface area contributed by atoms with Crippen LogP contribution in [0.25, 0.3) is 0 Å². The third-order valence-corrected chi connectivity index (χ3v) is 4.81. The van der Waals surface area contributed by atoms with E-state index in [-0.39, 0.29) is 25.9 Å². The average molecular weight is 382 g/mol. The zero-order chi connectivity index (χ0) is 18.2. The second-order valence-corrected chi connectivity index (χ2v) is 7.15. The highest BCUT2D eigenvalue weighted by atomic mass is 32.3. The van der Waals surface area contributed by atoms with Gasteiger partial charge in [0.1, 0.15) is 18.3 Å². The average Bonchev–Trinajstić information content (AvgIpc) is 2.77. The SMILES string of the molecule is O=C(NOC1CNCCC1F)[C@@H]1CC[C@@H]2CN1C(=O)N2OS(=O)(=O)O. The van der Waals surface area contributed by atoms with E-state index >= 15 is 0 Å².